The Balaban J connectivity index is 1.60. The van der Waals surface area contributed by atoms with E-state index in [-0.39, 0.29) is 0 Å². The van der Waals surface area contributed by atoms with Crippen LogP contribution in [0.15, 0.2) is 54.7 Å². The molecule has 8 nitrogen and oxygen atoms in total. The minimum atomic E-state index is -0.510. The minimum absolute atomic E-state index is 0.308. The number of amides is 2. The fourth-order valence-electron chi connectivity index (χ4n) is 2.42. The van der Waals surface area contributed by atoms with Gasteiger partial charge < -0.3 is 9.47 Å². The number of nitrogens with one attached hydrogen (secondary N) is 2. The SMILES string of the molecule is COc1ccc(C(=O)NNC(=O)/C=C/c2cnc3ccccc3n2)cc1OC. The molecule has 28 heavy (non-hydrogen) atoms. The lowest BCUT2D eigenvalue weighted by molar-refractivity contribution is -0.117. The molecule has 142 valence electrons. The average molecular weight is 378 g/mol. The summed E-state index contributed by atoms with van der Waals surface area (Å²) in [6.07, 6.45) is 4.33. The van der Waals surface area contributed by atoms with Crippen molar-refractivity contribution in [3.63, 3.8) is 0 Å². The molecule has 2 N–H and O–H groups in total. The maximum atomic E-state index is 12.2. The van der Waals surface area contributed by atoms with Gasteiger partial charge in [0.2, 0.25) is 0 Å². The summed E-state index contributed by atoms with van der Waals surface area (Å²) in [5.41, 5.74) is 6.97. The molecule has 8 heteroatoms. The minimum Gasteiger partial charge on any atom is -0.493 e. The summed E-state index contributed by atoms with van der Waals surface area (Å²) in [6, 6.07) is 12.1. The number of aromatic nitrogens is 2. The smallest absolute Gasteiger partial charge is 0.269 e. The third-order valence-electron chi connectivity index (χ3n) is 3.82. The van der Waals surface area contributed by atoms with E-state index in [0.717, 1.165) is 11.0 Å². The van der Waals surface area contributed by atoms with Gasteiger partial charge in [0.1, 0.15) is 0 Å². The van der Waals surface area contributed by atoms with Gasteiger partial charge in [-0.15, -0.1) is 0 Å². The van der Waals surface area contributed by atoms with E-state index in [4.69, 9.17) is 9.47 Å². The van der Waals surface area contributed by atoms with E-state index >= 15 is 0 Å². The number of methoxy groups -OCH3 is 2. The lowest BCUT2D eigenvalue weighted by atomic mass is 10.2. The number of hydrogen-bond donors (Lipinski definition) is 2. The Hall–Kier alpha value is -3.94. The number of ether oxygens (including phenoxy) is 2. The van der Waals surface area contributed by atoms with Gasteiger partial charge in [0.15, 0.2) is 11.5 Å². The topological polar surface area (TPSA) is 102 Å². The Morgan fingerprint density at radius 2 is 1.71 bits per heavy atom. The highest BCUT2D eigenvalue weighted by Gasteiger charge is 2.11. The molecule has 0 saturated carbocycles. The fourth-order valence-corrected chi connectivity index (χ4v) is 2.42. The van der Waals surface area contributed by atoms with Gasteiger partial charge in [-0.1, -0.05) is 12.1 Å². The zero-order valence-electron chi connectivity index (χ0n) is 15.3. The zero-order chi connectivity index (χ0) is 19.9. The third-order valence-corrected chi connectivity index (χ3v) is 3.82. The van der Waals surface area contributed by atoms with Crippen LogP contribution in [-0.4, -0.2) is 36.0 Å². The van der Waals surface area contributed by atoms with Crippen molar-refractivity contribution < 1.29 is 19.1 Å². The van der Waals surface area contributed by atoms with E-state index in [1.165, 1.54) is 32.4 Å². The summed E-state index contributed by atoms with van der Waals surface area (Å²) >= 11 is 0. The summed E-state index contributed by atoms with van der Waals surface area (Å²) in [5.74, 6) is -0.0873. The van der Waals surface area contributed by atoms with Crippen LogP contribution in [0, 0.1) is 0 Å². The van der Waals surface area contributed by atoms with E-state index in [1.807, 2.05) is 24.3 Å². The number of carbonyl (C=O) groups excluding carboxylic acids is 2. The van der Waals surface area contributed by atoms with E-state index < -0.39 is 11.8 Å². The number of rotatable bonds is 5. The van der Waals surface area contributed by atoms with E-state index in [1.54, 1.807) is 18.3 Å². The number of para-hydroxylation sites is 2. The van der Waals surface area contributed by atoms with Crippen molar-refractivity contribution in [2.75, 3.05) is 14.2 Å². The van der Waals surface area contributed by atoms with Crippen LogP contribution in [0.2, 0.25) is 0 Å². The van der Waals surface area contributed by atoms with Gasteiger partial charge in [-0.25, -0.2) is 4.98 Å². The highest BCUT2D eigenvalue weighted by atomic mass is 16.5. The molecule has 0 unspecified atom stereocenters. The number of fused-ring (bicyclic) bond motifs is 1. The molecule has 0 aliphatic rings. The van der Waals surface area contributed by atoms with E-state index in [0.29, 0.717) is 22.8 Å². The molecule has 0 aliphatic heterocycles. The largest absolute Gasteiger partial charge is 0.493 e. The van der Waals surface area contributed by atoms with Crippen LogP contribution in [0.4, 0.5) is 0 Å². The van der Waals surface area contributed by atoms with Crippen LogP contribution in [0.1, 0.15) is 16.1 Å². The summed E-state index contributed by atoms with van der Waals surface area (Å²) in [5, 5.41) is 0. The number of benzene rings is 2. The van der Waals surface area contributed by atoms with Gasteiger partial charge in [-0.2, -0.15) is 0 Å². The Morgan fingerprint density at radius 3 is 2.46 bits per heavy atom. The summed E-state index contributed by atoms with van der Waals surface area (Å²) in [7, 11) is 2.98. The molecule has 2 aromatic carbocycles. The van der Waals surface area contributed by atoms with Gasteiger partial charge in [0.05, 0.1) is 37.1 Å². The highest BCUT2D eigenvalue weighted by molar-refractivity contribution is 5.98. The molecule has 1 aromatic heterocycles. The standard InChI is InChI=1S/C20H18N4O4/c1-27-17-9-7-13(11-18(17)28-2)20(26)24-23-19(25)10-8-14-12-21-15-5-3-4-6-16(15)22-14/h3-12H,1-2H3,(H,23,25)(H,24,26)/b10-8+. The second-order valence-corrected chi connectivity index (χ2v) is 5.63. The summed E-state index contributed by atoms with van der Waals surface area (Å²) in [4.78, 5) is 32.8. The molecule has 3 rings (SSSR count). The monoisotopic (exact) mass is 378 g/mol. The quantitative estimate of drug-likeness (QED) is 0.521. The molecule has 0 fully saturated rings. The second kappa shape index (κ2) is 8.63. The molecule has 0 saturated heterocycles. The number of nitrogens with zero attached hydrogens (tertiary/aromatic N) is 2. The Bertz CT molecular complexity index is 1050. The maximum Gasteiger partial charge on any atom is 0.269 e. The molecule has 1 heterocycles. The Morgan fingerprint density at radius 1 is 0.964 bits per heavy atom. The second-order valence-electron chi connectivity index (χ2n) is 5.63. The van der Waals surface area contributed by atoms with Gasteiger partial charge in [-0.05, 0) is 36.4 Å². The molecule has 0 radical (unpaired) electrons. The van der Waals surface area contributed by atoms with Crippen LogP contribution in [0.25, 0.3) is 17.1 Å². The van der Waals surface area contributed by atoms with E-state index in [2.05, 4.69) is 20.8 Å². The van der Waals surface area contributed by atoms with Gasteiger partial charge >= 0.3 is 0 Å². The zero-order valence-corrected chi connectivity index (χ0v) is 15.3. The molecule has 0 atom stereocenters. The van der Waals surface area contributed by atoms with Crippen LogP contribution in [0.3, 0.4) is 0 Å². The van der Waals surface area contributed by atoms with Crippen molar-refractivity contribution in [1.82, 2.24) is 20.8 Å². The van der Waals surface area contributed by atoms with E-state index in [9.17, 15) is 9.59 Å². The average Bonchev–Trinajstić information content (AvgIpc) is 2.75. The molecule has 0 aliphatic carbocycles. The van der Waals surface area contributed by atoms with Gasteiger partial charge in [0, 0.05) is 11.6 Å². The first-order chi connectivity index (χ1) is 13.6. The van der Waals surface area contributed by atoms with Crippen molar-refractivity contribution in [2.45, 2.75) is 0 Å². The summed E-state index contributed by atoms with van der Waals surface area (Å²) in [6.45, 7) is 0. The van der Waals surface area contributed by atoms with Crippen molar-refractivity contribution in [1.29, 1.82) is 0 Å². The Labute approximate surface area is 161 Å². The number of carbonyl (C=O) groups is 2. The van der Waals surface area contributed by atoms with Gasteiger partial charge in [-0.3, -0.25) is 25.4 Å². The molecule has 0 bridgehead atoms. The van der Waals surface area contributed by atoms with Crippen LogP contribution < -0.4 is 20.3 Å². The predicted octanol–water partition coefficient (Wildman–Crippen LogP) is 2.12. The Kier molecular flexibility index (Phi) is 5.81. The maximum absolute atomic E-state index is 12.2. The lowest BCUT2D eigenvalue weighted by Crippen LogP contribution is -2.40. The molecular weight excluding hydrogens is 360 g/mol. The van der Waals surface area contributed by atoms with Crippen LogP contribution >= 0.6 is 0 Å². The number of hydrogen-bond acceptors (Lipinski definition) is 6. The molecule has 3 aromatic rings. The fraction of sp³-hybridized carbons (Fsp3) is 0.100. The highest BCUT2D eigenvalue weighted by Crippen LogP contribution is 2.27. The first-order valence-corrected chi connectivity index (χ1v) is 8.33. The summed E-state index contributed by atoms with van der Waals surface area (Å²) < 4.78 is 10.3. The van der Waals surface area contributed by atoms with Gasteiger partial charge in [0.25, 0.3) is 11.8 Å². The molecular formula is C20H18N4O4. The lowest BCUT2D eigenvalue weighted by Gasteiger charge is -2.10. The van der Waals surface area contributed by atoms with Crippen molar-refractivity contribution >= 4 is 28.9 Å². The molecule has 2 amide bonds. The predicted molar refractivity (Wildman–Crippen MR) is 104 cm³/mol. The van der Waals surface area contributed by atoms with Crippen LogP contribution in [0.5, 0.6) is 11.5 Å². The molecule has 0 spiro atoms. The first-order valence-electron chi connectivity index (χ1n) is 8.33. The number of hydrazine groups is 1. The van der Waals surface area contributed by atoms with Crippen molar-refractivity contribution in [3.8, 4) is 11.5 Å². The normalized spacial score (nSPS) is 10.6. The van der Waals surface area contributed by atoms with Crippen molar-refractivity contribution in [2.24, 2.45) is 0 Å². The van der Waals surface area contributed by atoms with Crippen molar-refractivity contribution in [3.05, 3.63) is 66.0 Å². The third kappa shape index (κ3) is 4.42. The first kappa shape index (κ1) is 18.8. The van der Waals surface area contributed by atoms with Crippen LogP contribution in [-0.2, 0) is 4.79 Å².